The number of anilines is 1. The normalized spacial score (nSPS) is 10.5. The number of benzene rings is 2. The number of amides is 1. The summed E-state index contributed by atoms with van der Waals surface area (Å²) >= 11 is 0. The number of hydrogen-bond acceptors (Lipinski definition) is 7. The molecule has 34 heavy (non-hydrogen) atoms. The van der Waals surface area contributed by atoms with E-state index >= 15 is 0 Å². The van der Waals surface area contributed by atoms with Gasteiger partial charge in [-0.1, -0.05) is 12.1 Å². The number of aromatic amines is 1. The fourth-order valence-electron chi connectivity index (χ4n) is 3.29. The number of carbonyl (C=O) groups excluding carboxylic acids is 1. The lowest BCUT2D eigenvalue weighted by molar-refractivity contribution is -0.117. The molecule has 2 N–H and O–H groups in total. The predicted octanol–water partition coefficient (Wildman–Crippen LogP) is 2.32. The van der Waals surface area contributed by atoms with Gasteiger partial charge >= 0.3 is 0 Å². The second-order valence-corrected chi connectivity index (χ2v) is 7.21. The highest BCUT2D eigenvalue weighted by atomic mass is 16.5. The summed E-state index contributed by atoms with van der Waals surface area (Å²) in [5.41, 5.74) is 2.29. The molecule has 172 valence electrons. The van der Waals surface area contributed by atoms with Crippen molar-refractivity contribution < 1.29 is 14.3 Å². The molecule has 0 saturated carbocycles. The Bertz CT molecular complexity index is 1420. The molecule has 2 aromatic carbocycles. The molecule has 0 unspecified atom stereocenters. The van der Waals surface area contributed by atoms with Crippen LogP contribution in [0.25, 0.3) is 22.5 Å². The van der Waals surface area contributed by atoms with E-state index in [0.29, 0.717) is 34.1 Å². The fourth-order valence-corrected chi connectivity index (χ4v) is 3.29. The minimum absolute atomic E-state index is 0.276. The maximum Gasteiger partial charge on any atom is 0.267 e. The van der Waals surface area contributed by atoms with Crippen LogP contribution in [0, 0.1) is 0 Å². The van der Waals surface area contributed by atoms with E-state index in [9.17, 15) is 14.4 Å². The maximum absolute atomic E-state index is 12.6. The number of nitrogens with one attached hydrogen (secondary N) is 2. The van der Waals surface area contributed by atoms with Gasteiger partial charge in [0.25, 0.3) is 11.1 Å². The summed E-state index contributed by atoms with van der Waals surface area (Å²) in [7, 11) is 3.08. The van der Waals surface area contributed by atoms with E-state index in [1.807, 2.05) is 0 Å². The van der Waals surface area contributed by atoms with Crippen molar-refractivity contribution in [3.8, 4) is 34.0 Å². The molecule has 2 heterocycles. The summed E-state index contributed by atoms with van der Waals surface area (Å²) in [4.78, 5) is 36.1. The number of ether oxygens (including phenoxy) is 2. The van der Waals surface area contributed by atoms with Crippen LogP contribution in [-0.2, 0) is 11.3 Å². The summed E-state index contributed by atoms with van der Waals surface area (Å²) in [6.07, 6.45) is 0. The SMILES string of the molecule is COc1ccc(OC)c(-c2ccc(=O)n(CC(=O)Nc3ccc(-c4ccc(=O)[nH]n4)cc3)n2)c1. The third kappa shape index (κ3) is 5.01. The number of rotatable bonds is 7. The molecular formula is C24H21N5O5. The van der Waals surface area contributed by atoms with E-state index in [-0.39, 0.29) is 12.1 Å². The van der Waals surface area contributed by atoms with Crippen LogP contribution in [0.5, 0.6) is 11.5 Å². The molecule has 0 aliphatic rings. The van der Waals surface area contributed by atoms with E-state index < -0.39 is 11.5 Å². The van der Waals surface area contributed by atoms with Crippen LogP contribution < -0.4 is 25.9 Å². The van der Waals surface area contributed by atoms with E-state index in [0.717, 1.165) is 10.2 Å². The van der Waals surface area contributed by atoms with Crippen LogP contribution in [0.15, 0.2) is 76.3 Å². The molecule has 0 radical (unpaired) electrons. The van der Waals surface area contributed by atoms with Gasteiger partial charge in [-0.05, 0) is 42.5 Å². The van der Waals surface area contributed by atoms with Gasteiger partial charge in [0, 0.05) is 28.9 Å². The van der Waals surface area contributed by atoms with Crippen LogP contribution in [0.1, 0.15) is 0 Å². The zero-order valence-corrected chi connectivity index (χ0v) is 18.4. The van der Waals surface area contributed by atoms with Crippen molar-refractivity contribution >= 4 is 11.6 Å². The molecule has 0 atom stereocenters. The monoisotopic (exact) mass is 459 g/mol. The Kier molecular flexibility index (Phi) is 6.49. The first kappa shape index (κ1) is 22.5. The van der Waals surface area contributed by atoms with E-state index in [4.69, 9.17) is 9.47 Å². The lowest BCUT2D eigenvalue weighted by Gasteiger charge is -2.12. The van der Waals surface area contributed by atoms with E-state index in [1.54, 1.807) is 61.7 Å². The van der Waals surface area contributed by atoms with Crippen molar-refractivity contribution in [3.63, 3.8) is 0 Å². The van der Waals surface area contributed by atoms with Gasteiger partial charge in [-0.3, -0.25) is 14.4 Å². The van der Waals surface area contributed by atoms with Gasteiger partial charge in [0.2, 0.25) is 5.91 Å². The van der Waals surface area contributed by atoms with Crippen LogP contribution in [0.2, 0.25) is 0 Å². The lowest BCUT2D eigenvalue weighted by atomic mass is 10.1. The average Bonchev–Trinajstić information content (AvgIpc) is 2.86. The second kappa shape index (κ2) is 9.82. The Morgan fingerprint density at radius 3 is 2.38 bits per heavy atom. The zero-order chi connectivity index (χ0) is 24.1. The number of methoxy groups -OCH3 is 2. The third-order valence-electron chi connectivity index (χ3n) is 4.99. The Balaban J connectivity index is 1.51. The number of hydrogen-bond donors (Lipinski definition) is 2. The summed E-state index contributed by atoms with van der Waals surface area (Å²) < 4.78 is 11.7. The van der Waals surface area contributed by atoms with Crippen LogP contribution >= 0.6 is 0 Å². The third-order valence-corrected chi connectivity index (χ3v) is 4.99. The molecule has 0 bridgehead atoms. The molecule has 4 aromatic rings. The van der Waals surface area contributed by atoms with Crippen LogP contribution in [0.4, 0.5) is 5.69 Å². The largest absolute Gasteiger partial charge is 0.497 e. The summed E-state index contributed by atoms with van der Waals surface area (Å²) in [5, 5.41) is 13.4. The predicted molar refractivity (Wildman–Crippen MR) is 126 cm³/mol. The maximum atomic E-state index is 12.6. The Morgan fingerprint density at radius 1 is 0.941 bits per heavy atom. The topological polar surface area (TPSA) is 128 Å². The van der Waals surface area contributed by atoms with Crippen molar-refractivity contribution in [1.82, 2.24) is 20.0 Å². The first-order valence-electron chi connectivity index (χ1n) is 10.2. The summed E-state index contributed by atoms with van der Waals surface area (Å²) in [5.74, 6) is 0.743. The zero-order valence-electron chi connectivity index (χ0n) is 18.4. The standard InChI is InChI=1S/C24H21N5O5/c1-33-17-7-10-21(34-2)18(13-17)20-9-12-24(32)29(28-20)14-23(31)25-16-5-3-15(4-6-16)19-8-11-22(30)27-26-19/h3-13H,14H2,1-2H3,(H,25,31)(H,27,30). The molecular weight excluding hydrogens is 438 g/mol. The number of H-pyrrole nitrogens is 1. The van der Waals surface area contributed by atoms with Gasteiger partial charge in [-0.15, -0.1) is 0 Å². The molecule has 0 aliphatic carbocycles. The van der Waals surface area contributed by atoms with Gasteiger partial charge in [-0.25, -0.2) is 9.78 Å². The van der Waals surface area contributed by atoms with Crippen molar-refractivity contribution in [2.75, 3.05) is 19.5 Å². The molecule has 4 rings (SSSR count). The number of nitrogens with zero attached hydrogens (tertiary/aromatic N) is 3. The first-order valence-corrected chi connectivity index (χ1v) is 10.2. The van der Waals surface area contributed by atoms with Crippen LogP contribution in [0.3, 0.4) is 0 Å². The minimum Gasteiger partial charge on any atom is -0.497 e. The van der Waals surface area contributed by atoms with Crippen molar-refractivity contribution in [3.05, 3.63) is 87.4 Å². The van der Waals surface area contributed by atoms with Gasteiger partial charge in [0.1, 0.15) is 18.0 Å². The smallest absolute Gasteiger partial charge is 0.267 e. The van der Waals surface area contributed by atoms with Crippen molar-refractivity contribution in [2.24, 2.45) is 0 Å². The highest BCUT2D eigenvalue weighted by Crippen LogP contribution is 2.31. The molecule has 0 spiro atoms. The van der Waals surface area contributed by atoms with Gasteiger partial charge in [0.05, 0.1) is 25.6 Å². The number of carbonyl (C=O) groups is 1. The van der Waals surface area contributed by atoms with Crippen LogP contribution in [-0.4, -0.2) is 40.1 Å². The quantitative estimate of drug-likeness (QED) is 0.434. The highest BCUT2D eigenvalue weighted by molar-refractivity contribution is 5.90. The van der Waals surface area contributed by atoms with E-state index in [1.165, 1.54) is 19.2 Å². The van der Waals surface area contributed by atoms with Gasteiger partial charge < -0.3 is 14.8 Å². The molecule has 10 nitrogen and oxygen atoms in total. The molecule has 1 amide bonds. The molecule has 0 fully saturated rings. The lowest BCUT2D eigenvalue weighted by Crippen LogP contribution is -2.29. The van der Waals surface area contributed by atoms with Gasteiger partial charge in [0.15, 0.2) is 0 Å². The summed E-state index contributed by atoms with van der Waals surface area (Å²) in [6.45, 7) is -0.276. The molecule has 10 heteroatoms. The summed E-state index contributed by atoms with van der Waals surface area (Å²) in [6, 6.07) is 18.1. The van der Waals surface area contributed by atoms with E-state index in [2.05, 4.69) is 20.6 Å². The average molecular weight is 459 g/mol. The minimum atomic E-state index is -0.417. The fraction of sp³-hybridized carbons (Fsp3) is 0.125. The Morgan fingerprint density at radius 2 is 1.71 bits per heavy atom. The Hall–Kier alpha value is -4.73. The Labute approximate surface area is 193 Å². The molecule has 2 aromatic heterocycles. The van der Waals surface area contributed by atoms with Gasteiger partial charge in [-0.2, -0.15) is 10.2 Å². The second-order valence-electron chi connectivity index (χ2n) is 7.21. The highest BCUT2D eigenvalue weighted by Gasteiger charge is 2.13. The molecule has 0 saturated heterocycles. The molecule has 0 aliphatic heterocycles. The number of aromatic nitrogens is 4. The first-order chi connectivity index (χ1) is 16.5. The van der Waals surface area contributed by atoms with Crippen molar-refractivity contribution in [2.45, 2.75) is 6.54 Å². The van der Waals surface area contributed by atoms with Crippen molar-refractivity contribution in [1.29, 1.82) is 0 Å².